The molecule has 3 amide bonds. The van der Waals surface area contributed by atoms with E-state index in [0.29, 0.717) is 37.2 Å². The zero-order chi connectivity index (χ0) is 20.2. The van der Waals surface area contributed by atoms with Crippen LogP contribution in [0.25, 0.3) is 0 Å². The maximum atomic E-state index is 12.9. The lowest BCUT2D eigenvalue weighted by molar-refractivity contribution is -0.117. The Morgan fingerprint density at radius 3 is 2.31 bits per heavy atom. The topological polar surface area (TPSA) is 69.7 Å². The molecule has 1 N–H and O–H groups in total. The standard InChI is InChI=1S/C23H25N3O3/c27-21-10-5-13-26(21)20-9-4-8-18(16-20)23(29)25-14-11-19(12-15-25)24-22(28)17-6-2-1-3-7-17/h1-4,6-9,16,19H,5,10-15H2,(H,24,28). The van der Waals surface area contributed by atoms with Gasteiger partial charge in [-0.15, -0.1) is 0 Å². The molecule has 6 heteroatoms. The summed E-state index contributed by atoms with van der Waals surface area (Å²) in [7, 11) is 0. The van der Waals surface area contributed by atoms with E-state index in [4.69, 9.17) is 0 Å². The number of rotatable bonds is 4. The Labute approximate surface area is 170 Å². The Kier molecular flexibility index (Phi) is 5.60. The maximum Gasteiger partial charge on any atom is 0.253 e. The van der Waals surface area contributed by atoms with Crippen molar-refractivity contribution in [1.82, 2.24) is 10.2 Å². The third-order valence-electron chi connectivity index (χ3n) is 5.63. The van der Waals surface area contributed by atoms with Gasteiger partial charge in [0, 0.05) is 48.9 Å². The van der Waals surface area contributed by atoms with Gasteiger partial charge < -0.3 is 15.1 Å². The number of carbonyl (C=O) groups is 3. The van der Waals surface area contributed by atoms with E-state index in [1.165, 1.54) is 0 Å². The lowest BCUT2D eigenvalue weighted by atomic mass is 10.0. The van der Waals surface area contributed by atoms with Crippen LogP contribution in [-0.4, -0.2) is 48.3 Å². The third kappa shape index (κ3) is 4.31. The quantitative estimate of drug-likeness (QED) is 0.871. The zero-order valence-corrected chi connectivity index (χ0v) is 16.3. The highest BCUT2D eigenvalue weighted by molar-refractivity contribution is 5.99. The van der Waals surface area contributed by atoms with Crippen LogP contribution in [0.15, 0.2) is 54.6 Å². The van der Waals surface area contributed by atoms with Crippen molar-refractivity contribution in [3.63, 3.8) is 0 Å². The average molecular weight is 391 g/mol. The molecule has 0 bridgehead atoms. The Bertz CT molecular complexity index is 905. The first kappa shape index (κ1) is 19.2. The van der Waals surface area contributed by atoms with Crippen LogP contribution in [-0.2, 0) is 4.79 Å². The van der Waals surface area contributed by atoms with E-state index in [1.807, 2.05) is 41.3 Å². The van der Waals surface area contributed by atoms with Gasteiger partial charge in [-0.1, -0.05) is 24.3 Å². The van der Waals surface area contributed by atoms with Gasteiger partial charge in [-0.05, 0) is 49.6 Å². The van der Waals surface area contributed by atoms with Gasteiger partial charge in [0.2, 0.25) is 5.91 Å². The summed E-state index contributed by atoms with van der Waals surface area (Å²) >= 11 is 0. The summed E-state index contributed by atoms with van der Waals surface area (Å²) in [4.78, 5) is 40.8. The highest BCUT2D eigenvalue weighted by atomic mass is 16.2. The van der Waals surface area contributed by atoms with Gasteiger partial charge in [-0.2, -0.15) is 0 Å². The molecule has 0 saturated carbocycles. The fourth-order valence-corrected chi connectivity index (χ4v) is 4.00. The first-order chi connectivity index (χ1) is 14.1. The molecule has 0 aliphatic carbocycles. The van der Waals surface area contributed by atoms with Crippen molar-refractivity contribution in [2.75, 3.05) is 24.5 Å². The minimum atomic E-state index is -0.0710. The Morgan fingerprint density at radius 1 is 0.897 bits per heavy atom. The Balaban J connectivity index is 1.34. The highest BCUT2D eigenvalue weighted by Gasteiger charge is 2.26. The fraction of sp³-hybridized carbons (Fsp3) is 0.348. The van der Waals surface area contributed by atoms with Crippen molar-refractivity contribution in [3.05, 3.63) is 65.7 Å². The van der Waals surface area contributed by atoms with Crippen molar-refractivity contribution in [3.8, 4) is 0 Å². The van der Waals surface area contributed by atoms with Gasteiger partial charge >= 0.3 is 0 Å². The molecule has 2 aromatic carbocycles. The molecule has 0 spiro atoms. The number of nitrogens with one attached hydrogen (secondary N) is 1. The summed E-state index contributed by atoms with van der Waals surface area (Å²) in [5.74, 6) is 0.0225. The predicted octanol–water partition coefficient (Wildman–Crippen LogP) is 2.85. The van der Waals surface area contributed by atoms with E-state index in [9.17, 15) is 14.4 Å². The van der Waals surface area contributed by atoms with E-state index in [2.05, 4.69) is 5.32 Å². The molecule has 2 aromatic rings. The largest absolute Gasteiger partial charge is 0.349 e. The molecule has 2 aliphatic rings. The van der Waals surface area contributed by atoms with Crippen LogP contribution >= 0.6 is 0 Å². The van der Waals surface area contributed by atoms with Crippen LogP contribution in [0, 0.1) is 0 Å². The molecule has 0 aromatic heterocycles. The van der Waals surface area contributed by atoms with Crippen LogP contribution in [0.2, 0.25) is 0 Å². The number of benzene rings is 2. The van der Waals surface area contributed by atoms with E-state index >= 15 is 0 Å². The van der Waals surface area contributed by atoms with Crippen LogP contribution in [0.1, 0.15) is 46.4 Å². The number of carbonyl (C=O) groups excluding carboxylic acids is 3. The number of amides is 3. The fourth-order valence-electron chi connectivity index (χ4n) is 4.00. The van der Waals surface area contributed by atoms with Gasteiger partial charge in [-0.25, -0.2) is 0 Å². The van der Waals surface area contributed by atoms with Crippen molar-refractivity contribution in [1.29, 1.82) is 0 Å². The van der Waals surface area contributed by atoms with Crippen molar-refractivity contribution < 1.29 is 14.4 Å². The van der Waals surface area contributed by atoms with Crippen LogP contribution in [0.3, 0.4) is 0 Å². The van der Waals surface area contributed by atoms with Crippen molar-refractivity contribution >= 4 is 23.4 Å². The molecular formula is C23H25N3O3. The van der Waals surface area contributed by atoms with Crippen molar-refractivity contribution in [2.24, 2.45) is 0 Å². The third-order valence-corrected chi connectivity index (χ3v) is 5.63. The normalized spacial score (nSPS) is 17.4. The second kappa shape index (κ2) is 8.47. The van der Waals surface area contributed by atoms with Gasteiger partial charge in [-0.3, -0.25) is 14.4 Å². The van der Waals surface area contributed by atoms with Crippen LogP contribution in [0.5, 0.6) is 0 Å². The van der Waals surface area contributed by atoms with E-state index < -0.39 is 0 Å². The number of nitrogens with zero attached hydrogens (tertiary/aromatic N) is 2. The lowest BCUT2D eigenvalue weighted by Gasteiger charge is -2.32. The molecule has 2 heterocycles. The van der Waals surface area contributed by atoms with Gasteiger partial charge in [0.25, 0.3) is 11.8 Å². The summed E-state index contributed by atoms with van der Waals surface area (Å²) in [6.45, 7) is 1.92. The molecule has 2 fully saturated rings. The number of hydrogen-bond donors (Lipinski definition) is 1. The first-order valence-electron chi connectivity index (χ1n) is 10.2. The highest BCUT2D eigenvalue weighted by Crippen LogP contribution is 2.23. The van der Waals surface area contributed by atoms with E-state index in [0.717, 1.165) is 24.9 Å². The molecule has 150 valence electrons. The molecule has 4 rings (SSSR count). The predicted molar refractivity (Wildman–Crippen MR) is 111 cm³/mol. The summed E-state index contributed by atoms with van der Waals surface area (Å²) in [5.41, 5.74) is 2.05. The number of anilines is 1. The summed E-state index contributed by atoms with van der Waals surface area (Å²) in [5, 5.41) is 3.06. The molecule has 2 saturated heterocycles. The Morgan fingerprint density at radius 2 is 1.62 bits per heavy atom. The van der Waals surface area contributed by atoms with Crippen LogP contribution < -0.4 is 10.2 Å². The van der Waals surface area contributed by atoms with E-state index in [1.54, 1.807) is 23.1 Å². The number of hydrogen-bond acceptors (Lipinski definition) is 3. The molecule has 0 unspecified atom stereocenters. The molecule has 0 radical (unpaired) electrons. The summed E-state index contributed by atoms with van der Waals surface area (Å²) in [6.07, 6.45) is 2.89. The molecular weight excluding hydrogens is 366 g/mol. The molecule has 0 atom stereocenters. The van der Waals surface area contributed by atoms with Gasteiger partial charge in [0.05, 0.1) is 0 Å². The lowest BCUT2D eigenvalue weighted by Crippen LogP contribution is -2.46. The maximum absolute atomic E-state index is 12.9. The monoisotopic (exact) mass is 391 g/mol. The molecule has 29 heavy (non-hydrogen) atoms. The first-order valence-corrected chi connectivity index (χ1v) is 10.2. The second-order valence-corrected chi connectivity index (χ2v) is 7.61. The molecule has 6 nitrogen and oxygen atoms in total. The second-order valence-electron chi connectivity index (χ2n) is 7.61. The average Bonchev–Trinajstić information content (AvgIpc) is 3.20. The number of likely N-dealkylation sites (tertiary alicyclic amines) is 1. The van der Waals surface area contributed by atoms with Crippen molar-refractivity contribution in [2.45, 2.75) is 31.7 Å². The zero-order valence-electron chi connectivity index (χ0n) is 16.3. The number of piperidine rings is 1. The minimum absolute atomic E-state index is 0.0219. The SMILES string of the molecule is O=C(NC1CCN(C(=O)c2cccc(N3CCCC3=O)c2)CC1)c1ccccc1. The molecule has 2 aliphatic heterocycles. The van der Waals surface area contributed by atoms with Crippen LogP contribution in [0.4, 0.5) is 5.69 Å². The summed E-state index contributed by atoms with van der Waals surface area (Å²) in [6, 6.07) is 16.6. The van der Waals surface area contributed by atoms with Gasteiger partial charge in [0.15, 0.2) is 0 Å². The van der Waals surface area contributed by atoms with Gasteiger partial charge in [0.1, 0.15) is 0 Å². The minimum Gasteiger partial charge on any atom is -0.349 e. The smallest absolute Gasteiger partial charge is 0.253 e. The van der Waals surface area contributed by atoms with E-state index in [-0.39, 0.29) is 23.8 Å². The Hall–Kier alpha value is -3.15. The summed E-state index contributed by atoms with van der Waals surface area (Å²) < 4.78 is 0.